The smallest absolute Gasteiger partial charge is 0.278 e. The summed E-state index contributed by atoms with van der Waals surface area (Å²) < 4.78 is 5.51. The van der Waals surface area contributed by atoms with E-state index in [0.717, 1.165) is 10.6 Å². The first-order valence-electron chi connectivity index (χ1n) is 4.26. The van der Waals surface area contributed by atoms with Gasteiger partial charge in [-0.15, -0.1) is 0 Å². The van der Waals surface area contributed by atoms with Crippen molar-refractivity contribution in [2.45, 2.75) is 6.54 Å². The fourth-order valence-corrected chi connectivity index (χ4v) is 1.68. The first-order valence-corrected chi connectivity index (χ1v) is 5.08. The highest BCUT2D eigenvalue weighted by atomic mass is 32.1. The van der Waals surface area contributed by atoms with Crippen molar-refractivity contribution in [1.29, 1.82) is 0 Å². The van der Waals surface area contributed by atoms with Crippen molar-refractivity contribution in [2.24, 2.45) is 5.73 Å². The Morgan fingerprint density at radius 2 is 2.07 bits per heavy atom. The van der Waals surface area contributed by atoms with Gasteiger partial charge in [0, 0.05) is 17.6 Å². The van der Waals surface area contributed by atoms with Crippen molar-refractivity contribution < 1.29 is 4.74 Å². The number of rotatable bonds is 3. The topological polar surface area (TPSA) is 48.1 Å². The minimum absolute atomic E-state index is 0.510. The van der Waals surface area contributed by atoms with Crippen LogP contribution in [-0.4, -0.2) is 4.98 Å². The molecule has 0 aliphatic rings. The van der Waals surface area contributed by atoms with Crippen molar-refractivity contribution >= 4 is 11.3 Å². The number of aromatic nitrogens is 1. The van der Waals surface area contributed by atoms with Crippen molar-refractivity contribution in [2.75, 3.05) is 0 Å². The number of hydrogen-bond acceptors (Lipinski definition) is 4. The van der Waals surface area contributed by atoms with Crippen LogP contribution in [0.3, 0.4) is 0 Å². The molecule has 0 saturated heterocycles. The summed E-state index contributed by atoms with van der Waals surface area (Å²) in [6, 6.07) is 9.58. The number of thiazole rings is 1. The van der Waals surface area contributed by atoms with Crippen molar-refractivity contribution in [1.82, 2.24) is 4.98 Å². The van der Waals surface area contributed by atoms with Crippen LogP contribution in [0.15, 0.2) is 36.5 Å². The second kappa shape index (κ2) is 4.21. The van der Waals surface area contributed by atoms with Crippen LogP contribution >= 0.6 is 11.3 Å². The molecule has 0 atom stereocenters. The number of hydrogen-bond donors (Lipinski definition) is 1. The Kier molecular flexibility index (Phi) is 2.76. The number of nitrogens with two attached hydrogens (primary N) is 1. The summed E-state index contributed by atoms with van der Waals surface area (Å²) in [5.74, 6) is 0.797. The van der Waals surface area contributed by atoms with Gasteiger partial charge in [0.15, 0.2) is 0 Å². The van der Waals surface area contributed by atoms with E-state index in [-0.39, 0.29) is 0 Å². The molecule has 2 aromatic rings. The summed E-state index contributed by atoms with van der Waals surface area (Å²) in [6.45, 7) is 0.510. The first-order chi connectivity index (χ1) is 6.88. The molecule has 2 rings (SSSR count). The lowest BCUT2D eigenvalue weighted by Gasteiger charge is -1.99. The predicted molar refractivity (Wildman–Crippen MR) is 56.5 cm³/mol. The molecule has 1 aromatic carbocycles. The number of nitrogens with zero attached hydrogens (tertiary/aromatic N) is 1. The first kappa shape index (κ1) is 9.18. The molecule has 0 amide bonds. The molecule has 0 bridgehead atoms. The van der Waals surface area contributed by atoms with Gasteiger partial charge >= 0.3 is 0 Å². The molecule has 0 spiro atoms. The zero-order valence-electron chi connectivity index (χ0n) is 7.51. The van der Waals surface area contributed by atoms with Crippen LogP contribution < -0.4 is 10.5 Å². The zero-order chi connectivity index (χ0) is 9.80. The van der Waals surface area contributed by atoms with E-state index in [4.69, 9.17) is 10.5 Å². The maximum atomic E-state index is 5.51. The summed E-state index contributed by atoms with van der Waals surface area (Å²) in [5, 5.41) is 0.636. The van der Waals surface area contributed by atoms with Crippen LogP contribution in [0.1, 0.15) is 4.88 Å². The number of benzene rings is 1. The largest absolute Gasteiger partial charge is 0.431 e. The second-order valence-electron chi connectivity index (χ2n) is 2.71. The summed E-state index contributed by atoms with van der Waals surface area (Å²) in [4.78, 5) is 5.12. The summed E-state index contributed by atoms with van der Waals surface area (Å²) in [6.07, 6.45) is 1.74. The van der Waals surface area contributed by atoms with E-state index in [2.05, 4.69) is 4.98 Å². The van der Waals surface area contributed by atoms with Crippen LogP contribution in [0.25, 0.3) is 0 Å². The van der Waals surface area contributed by atoms with Gasteiger partial charge in [0.25, 0.3) is 5.19 Å². The molecule has 2 N–H and O–H groups in total. The van der Waals surface area contributed by atoms with E-state index in [1.807, 2.05) is 30.3 Å². The SMILES string of the molecule is NCc1cnc(Oc2ccccc2)s1. The van der Waals surface area contributed by atoms with Crippen LogP contribution in [0.5, 0.6) is 10.9 Å². The lowest BCUT2D eigenvalue weighted by atomic mass is 10.3. The Balaban J connectivity index is 2.11. The van der Waals surface area contributed by atoms with Crippen LogP contribution in [0, 0.1) is 0 Å². The fourth-order valence-electron chi connectivity index (χ4n) is 1.02. The van der Waals surface area contributed by atoms with Gasteiger partial charge in [0.2, 0.25) is 0 Å². The maximum Gasteiger partial charge on any atom is 0.278 e. The average Bonchev–Trinajstić information content (AvgIpc) is 2.67. The molecule has 0 unspecified atom stereocenters. The molecular formula is C10H10N2OS. The Labute approximate surface area is 86.2 Å². The summed E-state index contributed by atoms with van der Waals surface area (Å²) >= 11 is 1.47. The lowest BCUT2D eigenvalue weighted by molar-refractivity contribution is 0.479. The lowest BCUT2D eigenvalue weighted by Crippen LogP contribution is -1.91. The fraction of sp³-hybridized carbons (Fsp3) is 0.100. The van der Waals surface area contributed by atoms with Gasteiger partial charge in [-0.3, -0.25) is 0 Å². The average molecular weight is 206 g/mol. The van der Waals surface area contributed by atoms with Crippen molar-refractivity contribution in [3.8, 4) is 10.9 Å². The van der Waals surface area contributed by atoms with Gasteiger partial charge < -0.3 is 10.5 Å². The zero-order valence-corrected chi connectivity index (χ0v) is 8.33. The maximum absolute atomic E-state index is 5.51. The summed E-state index contributed by atoms with van der Waals surface area (Å²) in [7, 11) is 0. The van der Waals surface area contributed by atoms with E-state index in [1.54, 1.807) is 6.20 Å². The highest BCUT2D eigenvalue weighted by molar-refractivity contribution is 7.13. The van der Waals surface area contributed by atoms with Gasteiger partial charge in [-0.25, -0.2) is 4.98 Å². The van der Waals surface area contributed by atoms with Gasteiger partial charge in [-0.2, -0.15) is 0 Å². The molecule has 72 valence electrons. The minimum Gasteiger partial charge on any atom is -0.431 e. The van der Waals surface area contributed by atoms with E-state index in [0.29, 0.717) is 11.7 Å². The third kappa shape index (κ3) is 2.10. The molecule has 4 heteroatoms. The van der Waals surface area contributed by atoms with Gasteiger partial charge in [0.05, 0.1) is 0 Å². The quantitative estimate of drug-likeness (QED) is 0.838. The van der Waals surface area contributed by atoms with Gasteiger partial charge in [-0.05, 0) is 12.1 Å². The van der Waals surface area contributed by atoms with Crippen molar-refractivity contribution in [3.05, 3.63) is 41.4 Å². The van der Waals surface area contributed by atoms with E-state index in [1.165, 1.54) is 11.3 Å². The van der Waals surface area contributed by atoms with Gasteiger partial charge in [-0.1, -0.05) is 29.5 Å². The third-order valence-electron chi connectivity index (χ3n) is 1.68. The Bertz CT molecular complexity index is 400. The molecule has 0 saturated carbocycles. The third-order valence-corrected chi connectivity index (χ3v) is 2.58. The minimum atomic E-state index is 0.510. The molecule has 1 aromatic heterocycles. The highest BCUT2D eigenvalue weighted by Gasteiger charge is 2.01. The Morgan fingerprint density at radius 3 is 2.71 bits per heavy atom. The molecule has 0 fully saturated rings. The Hall–Kier alpha value is -1.39. The molecule has 0 aliphatic heterocycles. The van der Waals surface area contributed by atoms with Crippen molar-refractivity contribution in [3.63, 3.8) is 0 Å². The van der Waals surface area contributed by atoms with Crippen LogP contribution in [0.2, 0.25) is 0 Å². The Morgan fingerprint density at radius 1 is 1.29 bits per heavy atom. The molecular weight excluding hydrogens is 196 g/mol. The highest BCUT2D eigenvalue weighted by Crippen LogP contribution is 2.25. The number of para-hydroxylation sites is 1. The molecule has 1 heterocycles. The summed E-state index contributed by atoms with van der Waals surface area (Å²) in [5.41, 5.74) is 5.47. The van der Waals surface area contributed by atoms with E-state index < -0.39 is 0 Å². The molecule has 14 heavy (non-hydrogen) atoms. The van der Waals surface area contributed by atoms with Crippen LogP contribution in [0.4, 0.5) is 0 Å². The number of ether oxygens (including phenoxy) is 1. The van der Waals surface area contributed by atoms with E-state index >= 15 is 0 Å². The van der Waals surface area contributed by atoms with E-state index in [9.17, 15) is 0 Å². The van der Waals surface area contributed by atoms with Gasteiger partial charge in [0.1, 0.15) is 5.75 Å². The second-order valence-corrected chi connectivity index (χ2v) is 3.79. The van der Waals surface area contributed by atoms with Crippen LogP contribution in [-0.2, 0) is 6.54 Å². The molecule has 0 radical (unpaired) electrons. The molecule has 3 nitrogen and oxygen atoms in total. The standard InChI is InChI=1S/C10H10N2OS/c11-6-9-7-12-10(14-9)13-8-4-2-1-3-5-8/h1-5,7H,6,11H2. The normalized spacial score (nSPS) is 10.1. The molecule has 0 aliphatic carbocycles. The predicted octanol–water partition coefficient (Wildman–Crippen LogP) is 2.39. The monoisotopic (exact) mass is 206 g/mol.